The molecule has 7 heteroatoms. The molecular formula is C13H21N3O3S. The first kappa shape index (κ1) is 16.6. The van der Waals surface area contributed by atoms with Gasteiger partial charge in [0.1, 0.15) is 10.7 Å². The Morgan fingerprint density at radius 2 is 2.15 bits per heavy atom. The number of carbonyl (C=O) groups is 2. The molecule has 2 unspecified atom stereocenters. The summed E-state index contributed by atoms with van der Waals surface area (Å²) in [4.78, 5) is 26.7. The molecule has 1 amide bonds. The standard InChI is InChI=1S/C13H21N3O3S/c1-8(13(18)19)4-3-5-9(2)15-12(17)10-7-20-11(6-14)16-10/h7-9H,3-6,14H2,1-2H3,(H,15,17)(H,18,19). The Hall–Kier alpha value is -1.47. The van der Waals surface area contributed by atoms with Gasteiger partial charge in [-0.15, -0.1) is 11.3 Å². The van der Waals surface area contributed by atoms with E-state index in [-0.39, 0.29) is 17.9 Å². The van der Waals surface area contributed by atoms with Gasteiger partial charge in [0.2, 0.25) is 0 Å². The summed E-state index contributed by atoms with van der Waals surface area (Å²) in [6.45, 7) is 3.93. The van der Waals surface area contributed by atoms with Crippen LogP contribution in [0.1, 0.15) is 48.6 Å². The lowest BCUT2D eigenvalue weighted by Crippen LogP contribution is -2.32. The highest BCUT2D eigenvalue weighted by molar-refractivity contribution is 7.09. The number of amides is 1. The molecule has 1 aromatic heterocycles. The van der Waals surface area contributed by atoms with Crippen LogP contribution in [-0.4, -0.2) is 28.0 Å². The van der Waals surface area contributed by atoms with E-state index in [1.165, 1.54) is 11.3 Å². The van der Waals surface area contributed by atoms with E-state index in [1.54, 1.807) is 12.3 Å². The Kier molecular flexibility index (Phi) is 6.60. The summed E-state index contributed by atoms with van der Waals surface area (Å²) >= 11 is 1.37. The van der Waals surface area contributed by atoms with Crippen LogP contribution in [-0.2, 0) is 11.3 Å². The fraction of sp³-hybridized carbons (Fsp3) is 0.615. The maximum atomic E-state index is 11.9. The van der Waals surface area contributed by atoms with Crippen LogP contribution in [0.5, 0.6) is 0 Å². The zero-order valence-electron chi connectivity index (χ0n) is 11.8. The molecule has 0 aliphatic heterocycles. The van der Waals surface area contributed by atoms with Gasteiger partial charge in [-0.3, -0.25) is 9.59 Å². The van der Waals surface area contributed by atoms with Crippen molar-refractivity contribution in [3.8, 4) is 0 Å². The number of carboxylic acids is 1. The number of nitrogens with zero attached hydrogens (tertiary/aromatic N) is 1. The molecule has 0 fully saturated rings. The van der Waals surface area contributed by atoms with Crippen LogP contribution in [0.4, 0.5) is 0 Å². The van der Waals surface area contributed by atoms with E-state index in [4.69, 9.17) is 10.8 Å². The quantitative estimate of drug-likeness (QED) is 0.676. The molecule has 1 aromatic rings. The molecular weight excluding hydrogens is 278 g/mol. The van der Waals surface area contributed by atoms with Crippen molar-refractivity contribution in [1.29, 1.82) is 0 Å². The first-order valence-electron chi connectivity index (χ1n) is 6.62. The summed E-state index contributed by atoms with van der Waals surface area (Å²) in [5, 5.41) is 14.1. The molecule has 0 saturated heterocycles. The average Bonchev–Trinajstić information content (AvgIpc) is 2.87. The number of hydrogen-bond donors (Lipinski definition) is 3. The molecule has 0 aliphatic rings. The van der Waals surface area contributed by atoms with Crippen molar-refractivity contribution in [3.63, 3.8) is 0 Å². The molecule has 0 aromatic carbocycles. The van der Waals surface area contributed by atoms with Gasteiger partial charge in [-0.25, -0.2) is 4.98 Å². The van der Waals surface area contributed by atoms with Gasteiger partial charge in [-0.2, -0.15) is 0 Å². The van der Waals surface area contributed by atoms with Gasteiger partial charge in [0.15, 0.2) is 0 Å². The first-order valence-corrected chi connectivity index (χ1v) is 7.50. The van der Waals surface area contributed by atoms with Crippen LogP contribution in [0.25, 0.3) is 0 Å². The smallest absolute Gasteiger partial charge is 0.306 e. The Morgan fingerprint density at radius 3 is 2.70 bits per heavy atom. The fourth-order valence-electron chi connectivity index (χ4n) is 1.73. The van der Waals surface area contributed by atoms with E-state index in [2.05, 4.69) is 10.3 Å². The van der Waals surface area contributed by atoms with Gasteiger partial charge in [0.25, 0.3) is 5.91 Å². The zero-order valence-corrected chi connectivity index (χ0v) is 12.6. The van der Waals surface area contributed by atoms with E-state index < -0.39 is 5.97 Å². The largest absolute Gasteiger partial charge is 0.481 e. The normalized spacial score (nSPS) is 13.8. The monoisotopic (exact) mass is 299 g/mol. The third-order valence-corrected chi connectivity index (χ3v) is 3.90. The van der Waals surface area contributed by atoms with E-state index >= 15 is 0 Å². The summed E-state index contributed by atoms with van der Waals surface area (Å²) < 4.78 is 0. The van der Waals surface area contributed by atoms with E-state index in [9.17, 15) is 9.59 Å². The number of aromatic nitrogens is 1. The van der Waals surface area contributed by atoms with Crippen molar-refractivity contribution in [3.05, 3.63) is 16.1 Å². The van der Waals surface area contributed by atoms with Crippen LogP contribution >= 0.6 is 11.3 Å². The number of thiazole rings is 1. The van der Waals surface area contributed by atoms with Crippen molar-refractivity contribution >= 4 is 23.2 Å². The van der Waals surface area contributed by atoms with Crippen molar-refractivity contribution in [2.45, 2.75) is 45.7 Å². The molecule has 1 rings (SSSR count). The lowest BCUT2D eigenvalue weighted by molar-refractivity contribution is -0.141. The first-order chi connectivity index (χ1) is 9.43. The number of aliphatic carboxylic acids is 1. The highest BCUT2D eigenvalue weighted by atomic mass is 32.1. The molecule has 4 N–H and O–H groups in total. The number of carboxylic acid groups (broad SMARTS) is 1. The Morgan fingerprint density at radius 1 is 1.45 bits per heavy atom. The molecule has 2 atom stereocenters. The highest BCUT2D eigenvalue weighted by Crippen LogP contribution is 2.11. The Bertz CT molecular complexity index is 461. The lowest BCUT2D eigenvalue weighted by Gasteiger charge is -2.13. The topological polar surface area (TPSA) is 105 Å². The van der Waals surface area contributed by atoms with Crippen LogP contribution < -0.4 is 11.1 Å². The van der Waals surface area contributed by atoms with Gasteiger partial charge in [0.05, 0.1) is 5.92 Å². The fourth-order valence-corrected chi connectivity index (χ4v) is 2.39. The summed E-state index contributed by atoms with van der Waals surface area (Å²) in [5.41, 5.74) is 5.84. The summed E-state index contributed by atoms with van der Waals surface area (Å²) in [6, 6.07) is -0.00785. The van der Waals surface area contributed by atoms with Crippen molar-refractivity contribution in [2.24, 2.45) is 11.7 Å². The van der Waals surface area contributed by atoms with Crippen molar-refractivity contribution in [1.82, 2.24) is 10.3 Å². The highest BCUT2D eigenvalue weighted by Gasteiger charge is 2.14. The van der Waals surface area contributed by atoms with E-state index in [0.29, 0.717) is 18.7 Å². The molecule has 112 valence electrons. The molecule has 1 heterocycles. The molecule has 0 radical (unpaired) electrons. The molecule has 20 heavy (non-hydrogen) atoms. The number of hydrogen-bond acceptors (Lipinski definition) is 5. The second kappa shape index (κ2) is 7.96. The van der Waals surface area contributed by atoms with Crippen LogP contribution in [0, 0.1) is 5.92 Å². The van der Waals surface area contributed by atoms with Crippen LogP contribution in [0.3, 0.4) is 0 Å². The summed E-state index contributed by atoms with van der Waals surface area (Å²) in [6.07, 6.45) is 2.13. The average molecular weight is 299 g/mol. The maximum absolute atomic E-state index is 11.9. The van der Waals surface area contributed by atoms with Gasteiger partial charge in [0, 0.05) is 18.0 Å². The second-order valence-electron chi connectivity index (χ2n) is 4.88. The maximum Gasteiger partial charge on any atom is 0.306 e. The van der Waals surface area contributed by atoms with Crippen LogP contribution in [0.2, 0.25) is 0 Å². The SMILES string of the molecule is CC(CCCC(C)C(=O)O)NC(=O)c1csc(CN)n1. The second-order valence-corrected chi connectivity index (χ2v) is 5.82. The molecule has 0 saturated carbocycles. The molecule has 0 aliphatic carbocycles. The third kappa shape index (κ3) is 5.26. The number of nitrogens with two attached hydrogens (primary N) is 1. The van der Waals surface area contributed by atoms with Gasteiger partial charge in [-0.1, -0.05) is 13.3 Å². The number of carbonyl (C=O) groups excluding carboxylic acids is 1. The number of nitrogens with one attached hydrogen (secondary N) is 1. The van der Waals surface area contributed by atoms with Crippen LogP contribution in [0.15, 0.2) is 5.38 Å². The Labute approximate surface area is 122 Å². The predicted molar refractivity (Wildman–Crippen MR) is 77.6 cm³/mol. The summed E-state index contributed by atoms with van der Waals surface area (Å²) in [7, 11) is 0. The predicted octanol–water partition coefficient (Wildman–Crippen LogP) is 1.61. The van der Waals surface area contributed by atoms with Gasteiger partial charge >= 0.3 is 5.97 Å². The summed E-state index contributed by atoms with van der Waals surface area (Å²) in [5.74, 6) is -1.33. The lowest BCUT2D eigenvalue weighted by atomic mass is 10.0. The third-order valence-electron chi connectivity index (χ3n) is 3.03. The van der Waals surface area contributed by atoms with E-state index in [1.807, 2.05) is 6.92 Å². The minimum absolute atomic E-state index is 0.00785. The van der Waals surface area contributed by atoms with Gasteiger partial charge < -0.3 is 16.2 Å². The minimum atomic E-state index is -0.779. The molecule has 6 nitrogen and oxygen atoms in total. The molecule has 0 spiro atoms. The minimum Gasteiger partial charge on any atom is -0.481 e. The Balaban J connectivity index is 2.33. The molecule has 0 bridgehead atoms. The van der Waals surface area contributed by atoms with Crippen molar-refractivity contribution in [2.75, 3.05) is 0 Å². The van der Waals surface area contributed by atoms with Crippen molar-refractivity contribution < 1.29 is 14.7 Å². The zero-order chi connectivity index (χ0) is 15.1. The van der Waals surface area contributed by atoms with E-state index in [0.717, 1.165) is 17.8 Å². The number of rotatable bonds is 8. The van der Waals surface area contributed by atoms with Gasteiger partial charge in [-0.05, 0) is 19.8 Å².